The summed E-state index contributed by atoms with van der Waals surface area (Å²) in [6.45, 7) is 0. The Balaban J connectivity index is 1.60. The first-order valence-electron chi connectivity index (χ1n) is 9.81. The van der Waals surface area contributed by atoms with Crippen molar-refractivity contribution in [3.05, 3.63) is 82.3 Å². The van der Waals surface area contributed by atoms with Gasteiger partial charge >= 0.3 is 5.97 Å². The number of aryl methyl sites for hydroxylation is 1. The molecule has 0 amide bonds. The van der Waals surface area contributed by atoms with Gasteiger partial charge in [-0.25, -0.2) is 4.79 Å². The van der Waals surface area contributed by atoms with Gasteiger partial charge in [-0.05, 0) is 53.6 Å². The van der Waals surface area contributed by atoms with Crippen molar-refractivity contribution in [3.63, 3.8) is 0 Å². The first-order chi connectivity index (χ1) is 14.9. The van der Waals surface area contributed by atoms with Gasteiger partial charge in [0.05, 0.1) is 28.2 Å². The molecule has 4 aromatic rings. The molecule has 5 rings (SSSR count). The highest BCUT2D eigenvalue weighted by Gasteiger charge is 2.25. The number of pyridine rings is 1. The second kappa shape index (κ2) is 7.25. The van der Waals surface area contributed by atoms with Gasteiger partial charge in [-0.1, -0.05) is 23.7 Å². The maximum atomic E-state index is 11.6. The van der Waals surface area contributed by atoms with E-state index in [1.807, 2.05) is 61.3 Å². The smallest absolute Gasteiger partial charge is 0.336 e. The third kappa shape index (κ3) is 3.16. The van der Waals surface area contributed by atoms with Crippen LogP contribution in [0.3, 0.4) is 0 Å². The van der Waals surface area contributed by atoms with Gasteiger partial charge in [-0.3, -0.25) is 9.67 Å². The number of carboxylic acid groups (broad SMARTS) is 1. The Morgan fingerprint density at radius 1 is 1.16 bits per heavy atom. The summed E-state index contributed by atoms with van der Waals surface area (Å²) < 4.78 is 1.88. The van der Waals surface area contributed by atoms with Gasteiger partial charge in [0.2, 0.25) is 0 Å². The zero-order valence-corrected chi connectivity index (χ0v) is 17.8. The standard InChI is InChI=1S/C24H19ClN4O2/c1-28(16-8-6-15(25)7-9-16)21-5-3-4-18-22(27-29(2)23(18)21)14-12-19-17(24(30)31)10-11-26-20(19)13-14/h3-11,13H,12H2,1-2H3,(H,30,31). The quantitative estimate of drug-likeness (QED) is 0.482. The summed E-state index contributed by atoms with van der Waals surface area (Å²) in [7, 11) is 3.94. The molecule has 1 aliphatic carbocycles. The number of para-hydroxylation sites is 1. The van der Waals surface area contributed by atoms with Crippen LogP contribution in [0.15, 0.2) is 54.7 Å². The average Bonchev–Trinajstić information content (AvgIpc) is 3.34. The van der Waals surface area contributed by atoms with Crippen LogP contribution < -0.4 is 4.90 Å². The fourth-order valence-electron chi connectivity index (χ4n) is 4.21. The summed E-state index contributed by atoms with van der Waals surface area (Å²) in [5.41, 5.74) is 6.56. The topological polar surface area (TPSA) is 71.2 Å². The van der Waals surface area contributed by atoms with Crippen molar-refractivity contribution >= 4 is 51.5 Å². The Kier molecular flexibility index (Phi) is 4.52. The van der Waals surface area contributed by atoms with E-state index >= 15 is 0 Å². The van der Waals surface area contributed by atoms with Crippen LogP contribution in [0.1, 0.15) is 27.3 Å². The van der Waals surface area contributed by atoms with Crippen LogP contribution in [-0.2, 0) is 13.5 Å². The molecule has 31 heavy (non-hydrogen) atoms. The van der Waals surface area contributed by atoms with Crippen molar-refractivity contribution in [1.29, 1.82) is 0 Å². The number of anilines is 2. The Morgan fingerprint density at radius 3 is 2.68 bits per heavy atom. The Morgan fingerprint density at radius 2 is 1.94 bits per heavy atom. The van der Waals surface area contributed by atoms with Gasteiger partial charge in [-0.15, -0.1) is 0 Å². The van der Waals surface area contributed by atoms with E-state index in [0.29, 0.717) is 22.7 Å². The molecule has 0 radical (unpaired) electrons. The van der Waals surface area contributed by atoms with E-state index in [4.69, 9.17) is 16.7 Å². The van der Waals surface area contributed by atoms with E-state index in [2.05, 4.69) is 16.0 Å². The van der Waals surface area contributed by atoms with Crippen LogP contribution in [0, 0.1) is 0 Å². The lowest BCUT2D eigenvalue weighted by Crippen LogP contribution is -2.10. The monoisotopic (exact) mass is 430 g/mol. The minimum absolute atomic E-state index is 0.291. The predicted molar refractivity (Wildman–Crippen MR) is 123 cm³/mol. The Hall–Kier alpha value is -3.64. The average molecular weight is 431 g/mol. The number of allylic oxidation sites excluding steroid dienone is 1. The Bertz CT molecular complexity index is 1370. The molecule has 2 aromatic carbocycles. The van der Waals surface area contributed by atoms with Crippen LogP contribution in [0.2, 0.25) is 5.02 Å². The van der Waals surface area contributed by atoms with Crippen LogP contribution in [0.25, 0.3) is 22.6 Å². The van der Waals surface area contributed by atoms with Gasteiger partial charge in [0.15, 0.2) is 0 Å². The molecule has 1 aliphatic rings. The molecule has 0 unspecified atom stereocenters. The highest BCUT2D eigenvalue weighted by atomic mass is 35.5. The van der Waals surface area contributed by atoms with Gasteiger partial charge in [0.25, 0.3) is 0 Å². The molecule has 0 saturated carbocycles. The molecule has 0 aliphatic heterocycles. The Labute approximate surface area is 184 Å². The summed E-state index contributed by atoms with van der Waals surface area (Å²) in [6, 6.07) is 15.4. The van der Waals surface area contributed by atoms with Crippen molar-refractivity contribution in [2.24, 2.45) is 7.05 Å². The normalized spacial score (nSPS) is 12.7. The highest BCUT2D eigenvalue weighted by molar-refractivity contribution is 6.30. The SMILES string of the molecule is CN(c1ccc(Cl)cc1)c1cccc2c(C3=Cc4nccc(C(=O)O)c4C3)nn(C)c12. The second-order valence-corrected chi connectivity index (χ2v) is 7.99. The molecule has 7 heteroatoms. The number of halogens is 1. The minimum Gasteiger partial charge on any atom is -0.478 e. The lowest BCUT2D eigenvalue weighted by molar-refractivity contribution is 0.0695. The van der Waals surface area contributed by atoms with Gasteiger partial charge in [0.1, 0.15) is 0 Å². The maximum absolute atomic E-state index is 11.6. The largest absolute Gasteiger partial charge is 0.478 e. The van der Waals surface area contributed by atoms with E-state index in [0.717, 1.165) is 39.1 Å². The van der Waals surface area contributed by atoms with E-state index < -0.39 is 5.97 Å². The number of hydrogen-bond donors (Lipinski definition) is 1. The lowest BCUT2D eigenvalue weighted by Gasteiger charge is -2.21. The summed E-state index contributed by atoms with van der Waals surface area (Å²) in [6.07, 6.45) is 3.98. The number of fused-ring (bicyclic) bond motifs is 2. The molecule has 2 aromatic heterocycles. The van der Waals surface area contributed by atoms with Gasteiger partial charge < -0.3 is 10.0 Å². The lowest BCUT2D eigenvalue weighted by atomic mass is 10.0. The minimum atomic E-state index is -0.939. The van der Waals surface area contributed by atoms with E-state index in [1.165, 1.54) is 6.20 Å². The third-order valence-electron chi connectivity index (χ3n) is 5.72. The molecule has 0 bridgehead atoms. The molecule has 154 valence electrons. The number of rotatable bonds is 4. The summed E-state index contributed by atoms with van der Waals surface area (Å²) in [4.78, 5) is 18.1. The predicted octanol–water partition coefficient (Wildman–Crippen LogP) is 5.18. The van der Waals surface area contributed by atoms with Crippen molar-refractivity contribution in [2.45, 2.75) is 6.42 Å². The van der Waals surface area contributed by atoms with Crippen molar-refractivity contribution in [3.8, 4) is 0 Å². The molecule has 2 heterocycles. The fraction of sp³-hybridized carbons (Fsp3) is 0.125. The molecule has 0 atom stereocenters. The zero-order chi connectivity index (χ0) is 21.7. The van der Waals surface area contributed by atoms with Crippen LogP contribution in [0.4, 0.5) is 11.4 Å². The molecular weight excluding hydrogens is 412 g/mol. The first kappa shape index (κ1) is 19.3. The van der Waals surface area contributed by atoms with Crippen LogP contribution in [-0.4, -0.2) is 32.9 Å². The number of carbonyl (C=O) groups is 1. The van der Waals surface area contributed by atoms with Crippen molar-refractivity contribution < 1.29 is 9.90 Å². The number of carboxylic acids is 1. The van der Waals surface area contributed by atoms with Crippen LogP contribution >= 0.6 is 11.6 Å². The number of benzene rings is 2. The molecule has 6 nitrogen and oxygen atoms in total. The van der Waals surface area contributed by atoms with Crippen molar-refractivity contribution in [1.82, 2.24) is 14.8 Å². The summed E-state index contributed by atoms with van der Waals surface area (Å²) in [5.74, 6) is -0.939. The molecule has 0 spiro atoms. The highest BCUT2D eigenvalue weighted by Crippen LogP contribution is 2.38. The molecular formula is C24H19ClN4O2. The van der Waals surface area contributed by atoms with Crippen LogP contribution in [0.5, 0.6) is 0 Å². The summed E-state index contributed by atoms with van der Waals surface area (Å²) >= 11 is 6.05. The number of aromatic carboxylic acids is 1. The van der Waals surface area contributed by atoms with Crippen molar-refractivity contribution in [2.75, 3.05) is 11.9 Å². The van der Waals surface area contributed by atoms with Gasteiger partial charge in [0, 0.05) is 42.8 Å². The second-order valence-electron chi connectivity index (χ2n) is 7.55. The molecule has 1 N–H and O–H groups in total. The third-order valence-corrected chi connectivity index (χ3v) is 5.97. The first-order valence-corrected chi connectivity index (χ1v) is 10.2. The molecule has 0 saturated heterocycles. The fourth-order valence-corrected chi connectivity index (χ4v) is 4.33. The number of hydrogen-bond acceptors (Lipinski definition) is 4. The maximum Gasteiger partial charge on any atom is 0.336 e. The zero-order valence-electron chi connectivity index (χ0n) is 17.0. The van der Waals surface area contributed by atoms with E-state index in [1.54, 1.807) is 6.07 Å². The van der Waals surface area contributed by atoms with E-state index in [-0.39, 0.29) is 0 Å². The molecule has 0 fully saturated rings. The summed E-state index contributed by atoms with van der Waals surface area (Å²) in [5, 5.41) is 16.0. The van der Waals surface area contributed by atoms with Gasteiger partial charge in [-0.2, -0.15) is 5.10 Å². The van der Waals surface area contributed by atoms with E-state index in [9.17, 15) is 9.90 Å². The number of aromatic nitrogens is 3. The number of nitrogens with zero attached hydrogens (tertiary/aromatic N) is 4.